The van der Waals surface area contributed by atoms with Gasteiger partial charge in [-0.3, -0.25) is 9.80 Å². The van der Waals surface area contributed by atoms with Crippen LogP contribution in [0.15, 0.2) is 23.8 Å². The minimum absolute atomic E-state index is 0.154. The molecule has 13 heavy (non-hydrogen) atoms. The van der Waals surface area contributed by atoms with Crippen molar-refractivity contribution in [2.75, 3.05) is 6.73 Å². The van der Waals surface area contributed by atoms with E-state index in [1.807, 2.05) is 0 Å². The lowest BCUT2D eigenvalue weighted by Gasteiger charge is -2.24. The SMILES string of the molecule is CC1=CC(=O)N2NN(CO)C=C2N1. The van der Waals surface area contributed by atoms with E-state index < -0.39 is 0 Å². The Labute approximate surface area is 75.1 Å². The summed E-state index contributed by atoms with van der Waals surface area (Å²) in [4.78, 5) is 11.3. The van der Waals surface area contributed by atoms with Gasteiger partial charge in [-0.1, -0.05) is 0 Å². The van der Waals surface area contributed by atoms with Crippen LogP contribution < -0.4 is 10.9 Å². The zero-order valence-corrected chi connectivity index (χ0v) is 7.11. The molecule has 0 aromatic heterocycles. The fraction of sp³-hybridized carbons (Fsp3) is 0.286. The van der Waals surface area contributed by atoms with Crippen molar-refractivity contribution in [1.29, 1.82) is 0 Å². The van der Waals surface area contributed by atoms with Gasteiger partial charge in [-0.05, 0) is 6.92 Å². The van der Waals surface area contributed by atoms with Crippen molar-refractivity contribution in [3.63, 3.8) is 0 Å². The molecule has 0 radical (unpaired) electrons. The summed E-state index contributed by atoms with van der Waals surface area (Å²) in [5.74, 6) is 0.470. The number of nitrogens with zero attached hydrogens (tertiary/aromatic N) is 2. The first kappa shape index (κ1) is 8.09. The maximum atomic E-state index is 11.3. The highest BCUT2D eigenvalue weighted by Crippen LogP contribution is 2.14. The van der Waals surface area contributed by atoms with Crippen LogP contribution in [-0.2, 0) is 4.79 Å². The minimum atomic E-state index is -0.187. The Bertz CT molecular complexity index is 310. The lowest BCUT2D eigenvalue weighted by Crippen LogP contribution is -2.47. The largest absolute Gasteiger partial charge is 0.375 e. The van der Waals surface area contributed by atoms with Gasteiger partial charge in [0, 0.05) is 11.8 Å². The number of fused-ring (bicyclic) bond motifs is 1. The van der Waals surface area contributed by atoms with Gasteiger partial charge in [0.2, 0.25) is 0 Å². The van der Waals surface area contributed by atoms with Gasteiger partial charge in [0.15, 0.2) is 0 Å². The number of hydrogen-bond donors (Lipinski definition) is 3. The third kappa shape index (κ3) is 1.25. The predicted molar refractivity (Wildman–Crippen MR) is 43.9 cm³/mol. The van der Waals surface area contributed by atoms with Crippen molar-refractivity contribution in [3.05, 3.63) is 23.8 Å². The van der Waals surface area contributed by atoms with Crippen molar-refractivity contribution < 1.29 is 9.90 Å². The summed E-state index contributed by atoms with van der Waals surface area (Å²) in [6, 6.07) is 0. The van der Waals surface area contributed by atoms with Crippen LogP contribution in [-0.4, -0.2) is 27.8 Å². The zero-order chi connectivity index (χ0) is 9.42. The van der Waals surface area contributed by atoms with Crippen molar-refractivity contribution in [2.45, 2.75) is 6.92 Å². The van der Waals surface area contributed by atoms with E-state index in [2.05, 4.69) is 10.9 Å². The van der Waals surface area contributed by atoms with E-state index in [4.69, 9.17) is 5.11 Å². The van der Waals surface area contributed by atoms with Crippen LogP contribution in [0.4, 0.5) is 0 Å². The normalized spacial score (nSPS) is 20.9. The number of carbonyl (C=O) groups excluding carboxylic acids is 1. The molecule has 2 rings (SSSR count). The second-order valence-electron chi connectivity index (χ2n) is 2.85. The smallest absolute Gasteiger partial charge is 0.269 e. The van der Waals surface area contributed by atoms with Crippen LogP contribution in [0.1, 0.15) is 6.92 Å². The second-order valence-corrected chi connectivity index (χ2v) is 2.85. The number of hydrazine groups is 2. The summed E-state index contributed by atoms with van der Waals surface area (Å²) in [6.45, 7) is 1.62. The van der Waals surface area contributed by atoms with Gasteiger partial charge < -0.3 is 10.4 Å². The molecular formula is C7H10N4O2. The molecular weight excluding hydrogens is 172 g/mol. The van der Waals surface area contributed by atoms with Gasteiger partial charge >= 0.3 is 0 Å². The minimum Gasteiger partial charge on any atom is -0.375 e. The van der Waals surface area contributed by atoms with Gasteiger partial charge in [0.05, 0.1) is 6.20 Å². The Balaban J connectivity index is 2.24. The number of aliphatic hydroxyl groups excluding tert-OH is 1. The first-order chi connectivity index (χ1) is 6.20. The zero-order valence-electron chi connectivity index (χ0n) is 7.11. The molecule has 70 valence electrons. The van der Waals surface area contributed by atoms with Gasteiger partial charge in [0.1, 0.15) is 12.6 Å². The molecule has 2 heterocycles. The first-order valence-corrected chi connectivity index (χ1v) is 3.86. The molecule has 0 saturated carbocycles. The number of aliphatic hydroxyl groups is 1. The average molecular weight is 182 g/mol. The standard InChI is InChI=1S/C7H10N4O2/c1-5-2-7(13)11-6(8-5)3-10(4-12)9-11/h2-3,8-9,12H,4H2,1H3. The molecule has 2 aliphatic rings. The lowest BCUT2D eigenvalue weighted by molar-refractivity contribution is -0.130. The van der Waals surface area contributed by atoms with Crippen LogP contribution in [0.5, 0.6) is 0 Å². The molecule has 0 aromatic carbocycles. The van der Waals surface area contributed by atoms with E-state index in [0.717, 1.165) is 5.70 Å². The monoisotopic (exact) mass is 182 g/mol. The number of nitrogens with one attached hydrogen (secondary N) is 2. The quantitative estimate of drug-likeness (QED) is 0.475. The van der Waals surface area contributed by atoms with E-state index in [9.17, 15) is 4.79 Å². The van der Waals surface area contributed by atoms with Crippen molar-refractivity contribution >= 4 is 5.91 Å². The average Bonchev–Trinajstić information content (AvgIpc) is 2.47. The molecule has 0 atom stereocenters. The van der Waals surface area contributed by atoms with Gasteiger partial charge in [-0.2, -0.15) is 0 Å². The van der Waals surface area contributed by atoms with E-state index in [-0.39, 0.29) is 12.6 Å². The maximum Gasteiger partial charge on any atom is 0.269 e. The highest BCUT2D eigenvalue weighted by Gasteiger charge is 2.28. The van der Waals surface area contributed by atoms with Crippen molar-refractivity contribution in [2.24, 2.45) is 0 Å². The van der Waals surface area contributed by atoms with Crippen LogP contribution >= 0.6 is 0 Å². The van der Waals surface area contributed by atoms with Crippen LogP contribution in [0.25, 0.3) is 0 Å². The van der Waals surface area contributed by atoms with Crippen LogP contribution in [0.2, 0.25) is 0 Å². The summed E-state index contributed by atoms with van der Waals surface area (Å²) in [6.07, 6.45) is 3.10. The third-order valence-corrected chi connectivity index (χ3v) is 1.79. The molecule has 0 aliphatic carbocycles. The summed E-state index contributed by atoms with van der Waals surface area (Å²) in [5.41, 5.74) is 3.47. The number of amides is 1. The topological polar surface area (TPSA) is 67.8 Å². The molecule has 0 unspecified atom stereocenters. The van der Waals surface area contributed by atoms with E-state index in [0.29, 0.717) is 5.82 Å². The Hall–Kier alpha value is -1.53. The van der Waals surface area contributed by atoms with Crippen LogP contribution in [0.3, 0.4) is 0 Å². The molecule has 3 N–H and O–H groups in total. The van der Waals surface area contributed by atoms with E-state index in [1.165, 1.54) is 16.1 Å². The van der Waals surface area contributed by atoms with Gasteiger partial charge in [0.25, 0.3) is 5.91 Å². The lowest BCUT2D eigenvalue weighted by atomic mass is 10.3. The molecule has 0 aromatic rings. The first-order valence-electron chi connectivity index (χ1n) is 3.86. The van der Waals surface area contributed by atoms with E-state index >= 15 is 0 Å². The van der Waals surface area contributed by atoms with E-state index in [1.54, 1.807) is 13.1 Å². The Morgan fingerprint density at radius 2 is 2.38 bits per heavy atom. The highest BCUT2D eigenvalue weighted by atomic mass is 16.3. The van der Waals surface area contributed by atoms with Gasteiger partial charge in [-0.25, -0.2) is 5.01 Å². The molecule has 6 nitrogen and oxygen atoms in total. The molecule has 0 fully saturated rings. The van der Waals surface area contributed by atoms with Crippen LogP contribution in [0, 0.1) is 0 Å². The molecule has 1 amide bonds. The predicted octanol–water partition coefficient (Wildman–Crippen LogP) is -1.19. The second kappa shape index (κ2) is 2.75. The summed E-state index contributed by atoms with van der Waals surface area (Å²) in [5, 5.41) is 14.5. The molecule has 0 bridgehead atoms. The third-order valence-electron chi connectivity index (χ3n) is 1.79. The summed E-state index contributed by atoms with van der Waals surface area (Å²) in [7, 11) is 0. The summed E-state index contributed by atoms with van der Waals surface area (Å²) < 4.78 is 0. The maximum absolute atomic E-state index is 11.3. The molecule has 2 aliphatic heterocycles. The Kier molecular flexibility index (Phi) is 1.71. The number of rotatable bonds is 1. The molecule has 0 saturated heterocycles. The fourth-order valence-electron chi connectivity index (χ4n) is 1.23. The fourth-order valence-corrected chi connectivity index (χ4v) is 1.23. The Morgan fingerprint density at radius 1 is 1.62 bits per heavy atom. The van der Waals surface area contributed by atoms with Gasteiger partial charge in [-0.15, -0.1) is 5.53 Å². The Morgan fingerprint density at radius 3 is 3.08 bits per heavy atom. The molecule has 0 spiro atoms. The van der Waals surface area contributed by atoms with Crippen molar-refractivity contribution in [1.82, 2.24) is 20.9 Å². The highest BCUT2D eigenvalue weighted by molar-refractivity contribution is 5.90. The summed E-state index contributed by atoms with van der Waals surface area (Å²) >= 11 is 0. The van der Waals surface area contributed by atoms with Crippen molar-refractivity contribution in [3.8, 4) is 0 Å². The number of allylic oxidation sites excluding steroid dienone is 1. The number of hydrogen-bond acceptors (Lipinski definition) is 5. The number of carbonyl (C=O) groups is 1. The molecule has 6 heteroatoms.